The number of amides is 2. The van der Waals surface area contributed by atoms with Gasteiger partial charge in [0.05, 0.1) is 18.8 Å². The minimum Gasteiger partial charge on any atom is -0.395 e. The van der Waals surface area contributed by atoms with Gasteiger partial charge in [-0.05, 0) is 57.3 Å². The van der Waals surface area contributed by atoms with Gasteiger partial charge in [0.1, 0.15) is 5.70 Å². The lowest BCUT2D eigenvalue weighted by molar-refractivity contribution is -0.137. The number of nitrogens with one attached hydrogen (secondary N) is 1. The second-order valence-corrected chi connectivity index (χ2v) is 7.19. The molecule has 2 rings (SSSR count). The number of aliphatic hydroxyl groups excluding tert-OH is 1. The van der Waals surface area contributed by atoms with Crippen LogP contribution in [0.3, 0.4) is 0 Å². The zero-order chi connectivity index (χ0) is 14.9. The lowest BCUT2D eigenvalue weighted by Crippen LogP contribution is -2.34. The van der Waals surface area contributed by atoms with Crippen molar-refractivity contribution >= 4 is 78.6 Å². The van der Waals surface area contributed by atoms with Crippen LogP contribution in [0.1, 0.15) is 0 Å². The predicted octanol–water partition coefficient (Wildman–Crippen LogP) is 2.32. The summed E-state index contributed by atoms with van der Waals surface area (Å²) in [5, 5.41) is 11.9. The zero-order valence-electron chi connectivity index (χ0n) is 9.99. The standard InChI is InChI=1S/C12H9BrI2N2O3/c13-6-3-7(14)11(8(15)4-6)16-9-5-10(19)17(1-2-18)12(9)20/h3-5,16,18H,1-2H2. The monoisotopic (exact) mass is 562 g/mol. The number of β-amino-alcohol motifs (C(OH)–C–C–N with tert-alkyl or cyclic N) is 1. The van der Waals surface area contributed by atoms with Crippen molar-refractivity contribution in [2.45, 2.75) is 0 Å². The van der Waals surface area contributed by atoms with Gasteiger partial charge in [0.2, 0.25) is 0 Å². The van der Waals surface area contributed by atoms with Gasteiger partial charge in [0, 0.05) is 17.7 Å². The maximum atomic E-state index is 12.0. The van der Waals surface area contributed by atoms with Gasteiger partial charge >= 0.3 is 0 Å². The summed E-state index contributed by atoms with van der Waals surface area (Å²) >= 11 is 7.72. The van der Waals surface area contributed by atoms with Gasteiger partial charge in [-0.3, -0.25) is 14.5 Å². The Morgan fingerprint density at radius 2 is 1.85 bits per heavy atom. The van der Waals surface area contributed by atoms with E-state index in [1.54, 1.807) is 0 Å². The molecule has 20 heavy (non-hydrogen) atoms. The van der Waals surface area contributed by atoms with E-state index in [1.807, 2.05) is 12.1 Å². The van der Waals surface area contributed by atoms with E-state index in [0.29, 0.717) is 0 Å². The molecule has 0 bridgehead atoms. The largest absolute Gasteiger partial charge is 0.395 e. The minimum absolute atomic E-state index is 0.00781. The Balaban J connectivity index is 2.26. The summed E-state index contributed by atoms with van der Waals surface area (Å²) in [7, 11) is 0. The molecular weight excluding hydrogens is 554 g/mol. The molecule has 0 saturated heterocycles. The Labute approximate surface area is 151 Å². The molecule has 2 amide bonds. The Kier molecular flexibility index (Phi) is 5.42. The van der Waals surface area contributed by atoms with Crippen LogP contribution in [0.15, 0.2) is 28.4 Å². The first kappa shape index (κ1) is 16.2. The maximum absolute atomic E-state index is 12.0. The highest BCUT2D eigenvalue weighted by molar-refractivity contribution is 14.1. The summed E-state index contributed by atoms with van der Waals surface area (Å²) in [4.78, 5) is 24.7. The van der Waals surface area contributed by atoms with Crippen LogP contribution in [0, 0.1) is 7.14 Å². The van der Waals surface area contributed by atoms with Crippen LogP contribution in [0.4, 0.5) is 5.69 Å². The van der Waals surface area contributed by atoms with Crippen LogP contribution in [-0.4, -0.2) is 35.0 Å². The number of anilines is 1. The van der Waals surface area contributed by atoms with Crippen LogP contribution in [0.2, 0.25) is 0 Å². The van der Waals surface area contributed by atoms with Crippen LogP contribution >= 0.6 is 61.1 Å². The highest BCUT2D eigenvalue weighted by atomic mass is 127. The Bertz CT molecular complexity index is 596. The van der Waals surface area contributed by atoms with Crippen molar-refractivity contribution in [1.29, 1.82) is 0 Å². The van der Waals surface area contributed by atoms with E-state index < -0.39 is 11.8 Å². The van der Waals surface area contributed by atoms with Crippen LogP contribution < -0.4 is 5.32 Å². The number of hydrogen-bond donors (Lipinski definition) is 2. The Morgan fingerprint density at radius 3 is 2.40 bits per heavy atom. The van der Waals surface area contributed by atoms with Crippen molar-refractivity contribution < 1.29 is 14.7 Å². The summed E-state index contributed by atoms with van der Waals surface area (Å²) in [5.41, 5.74) is 1.01. The molecule has 0 aromatic heterocycles. The molecule has 0 saturated carbocycles. The number of halogens is 3. The molecule has 5 nitrogen and oxygen atoms in total. The van der Waals surface area contributed by atoms with Crippen molar-refractivity contribution in [3.8, 4) is 0 Å². The lowest BCUT2D eigenvalue weighted by atomic mass is 10.3. The summed E-state index contributed by atoms with van der Waals surface area (Å²) in [6.07, 6.45) is 1.26. The summed E-state index contributed by atoms with van der Waals surface area (Å²) < 4.78 is 2.81. The first-order valence-corrected chi connectivity index (χ1v) is 8.49. The summed E-state index contributed by atoms with van der Waals surface area (Å²) in [6.45, 7) is -0.236. The normalized spacial score (nSPS) is 14.8. The van der Waals surface area contributed by atoms with Crippen molar-refractivity contribution in [3.05, 3.63) is 35.5 Å². The lowest BCUT2D eigenvalue weighted by Gasteiger charge is -2.15. The first-order chi connectivity index (χ1) is 9.43. The average molecular weight is 563 g/mol. The van der Waals surface area contributed by atoms with Crippen LogP contribution in [0.25, 0.3) is 0 Å². The molecule has 1 aliphatic heterocycles. The SMILES string of the molecule is O=C1C=C(Nc2c(I)cc(Br)cc2I)C(=O)N1CCO. The van der Waals surface area contributed by atoms with Gasteiger partial charge < -0.3 is 10.4 Å². The number of nitrogens with zero attached hydrogens (tertiary/aromatic N) is 1. The third kappa shape index (κ3) is 3.34. The molecule has 1 aliphatic rings. The molecule has 1 aromatic rings. The van der Waals surface area contributed by atoms with Crippen molar-refractivity contribution in [3.63, 3.8) is 0 Å². The first-order valence-electron chi connectivity index (χ1n) is 5.54. The second-order valence-electron chi connectivity index (χ2n) is 3.95. The molecule has 8 heteroatoms. The molecule has 0 aliphatic carbocycles. The quantitative estimate of drug-likeness (QED) is 0.437. The molecule has 0 spiro atoms. The number of benzene rings is 1. The van der Waals surface area contributed by atoms with E-state index in [2.05, 4.69) is 66.4 Å². The topological polar surface area (TPSA) is 69.6 Å². The molecule has 0 atom stereocenters. The summed E-state index contributed by atoms with van der Waals surface area (Å²) in [6, 6.07) is 3.83. The van der Waals surface area contributed by atoms with Gasteiger partial charge in [-0.25, -0.2) is 0 Å². The fourth-order valence-electron chi connectivity index (χ4n) is 1.71. The number of hydrogen-bond acceptors (Lipinski definition) is 4. The minimum atomic E-state index is -0.418. The summed E-state index contributed by atoms with van der Waals surface area (Å²) in [5.74, 6) is -0.827. The molecule has 0 unspecified atom stereocenters. The van der Waals surface area contributed by atoms with Crippen molar-refractivity contribution in [2.75, 3.05) is 18.5 Å². The van der Waals surface area contributed by atoms with Crippen LogP contribution in [0.5, 0.6) is 0 Å². The molecule has 2 N–H and O–H groups in total. The predicted molar refractivity (Wildman–Crippen MR) is 95.1 cm³/mol. The average Bonchev–Trinajstić information content (AvgIpc) is 2.62. The van der Waals surface area contributed by atoms with Gasteiger partial charge in [0.25, 0.3) is 11.8 Å². The maximum Gasteiger partial charge on any atom is 0.277 e. The zero-order valence-corrected chi connectivity index (χ0v) is 15.9. The van der Waals surface area contributed by atoms with E-state index in [0.717, 1.165) is 22.2 Å². The molecular formula is C12H9BrI2N2O3. The van der Waals surface area contributed by atoms with E-state index in [1.165, 1.54) is 6.08 Å². The van der Waals surface area contributed by atoms with Gasteiger partial charge in [-0.2, -0.15) is 0 Å². The third-order valence-corrected chi connectivity index (χ3v) is 4.76. The smallest absolute Gasteiger partial charge is 0.277 e. The molecule has 0 fully saturated rings. The molecule has 1 aromatic carbocycles. The van der Waals surface area contributed by atoms with Crippen LogP contribution in [-0.2, 0) is 9.59 Å². The van der Waals surface area contributed by atoms with E-state index in [9.17, 15) is 9.59 Å². The van der Waals surface area contributed by atoms with Crippen molar-refractivity contribution in [1.82, 2.24) is 4.90 Å². The van der Waals surface area contributed by atoms with E-state index >= 15 is 0 Å². The third-order valence-electron chi connectivity index (χ3n) is 2.60. The Hall–Kier alpha value is -0.200. The fourth-order valence-corrected chi connectivity index (χ4v) is 5.06. The van der Waals surface area contributed by atoms with Gasteiger partial charge in [-0.1, -0.05) is 15.9 Å². The highest BCUT2D eigenvalue weighted by Gasteiger charge is 2.31. The van der Waals surface area contributed by atoms with E-state index in [4.69, 9.17) is 5.11 Å². The van der Waals surface area contributed by atoms with Gasteiger partial charge in [0.15, 0.2) is 0 Å². The number of carbonyl (C=O) groups excluding carboxylic acids is 2. The molecule has 0 radical (unpaired) electrons. The highest BCUT2D eigenvalue weighted by Crippen LogP contribution is 2.30. The molecule has 106 valence electrons. The van der Waals surface area contributed by atoms with Gasteiger partial charge in [-0.15, -0.1) is 0 Å². The second kappa shape index (κ2) is 6.71. The number of carbonyl (C=O) groups is 2. The van der Waals surface area contributed by atoms with Crippen molar-refractivity contribution in [2.24, 2.45) is 0 Å². The number of imide groups is 1. The van der Waals surface area contributed by atoms with E-state index in [-0.39, 0.29) is 18.8 Å². The number of rotatable bonds is 4. The fraction of sp³-hybridized carbons (Fsp3) is 0.167. The number of aliphatic hydroxyl groups is 1. The molecule has 1 heterocycles. The Morgan fingerprint density at radius 1 is 1.25 bits per heavy atom.